The Balaban J connectivity index is 2.28. The molecule has 0 bridgehead atoms. The molecule has 0 spiro atoms. The Labute approximate surface area is 177 Å². The van der Waals surface area contributed by atoms with Crippen molar-refractivity contribution in [1.29, 1.82) is 5.26 Å². The molecule has 2 rings (SSSR count). The third kappa shape index (κ3) is 5.19. The largest absolute Gasteiger partial charge is 0.479 e. The second kappa shape index (κ2) is 9.55. The lowest BCUT2D eigenvalue weighted by molar-refractivity contribution is -0.112. The van der Waals surface area contributed by atoms with Gasteiger partial charge in [-0.25, -0.2) is 4.39 Å². The van der Waals surface area contributed by atoms with Crippen LogP contribution in [0, 0.1) is 36.6 Å². The molecule has 0 aromatic heterocycles. The predicted octanol–water partition coefficient (Wildman–Crippen LogP) is 4.59. The number of ether oxygens (including phenoxy) is 1. The number of terminal acetylenes is 1. The van der Waals surface area contributed by atoms with Crippen LogP contribution in [-0.4, -0.2) is 12.5 Å². The topological polar surface area (TPSA) is 62.1 Å². The molecule has 2 aromatic rings. The van der Waals surface area contributed by atoms with E-state index in [1.54, 1.807) is 18.2 Å². The van der Waals surface area contributed by atoms with Gasteiger partial charge in [-0.05, 0) is 81.1 Å². The van der Waals surface area contributed by atoms with E-state index in [2.05, 4.69) is 56.4 Å². The third-order valence-electron chi connectivity index (χ3n) is 3.12. The number of hydrogen-bond acceptors (Lipinski definition) is 3. The summed E-state index contributed by atoms with van der Waals surface area (Å²) in [6.45, 7) is 0.148. The van der Waals surface area contributed by atoms with Crippen LogP contribution >= 0.6 is 45.2 Å². The second-order valence-electron chi connectivity index (χ2n) is 4.91. The van der Waals surface area contributed by atoms with Crippen molar-refractivity contribution in [2.24, 2.45) is 0 Å². The van der Waals surface area contributed by atoms with Crippen LogP contribution in [0.5, 0.6) is 5.75 Å². The van der Waals surface area contributed by atoms with Crippen LogP contribution in [0.15, 0.2) is 42.0 Å². The lowest BCUT2D eigenvalue weighted by Crippen LogP contribution is -2.14. The summed E-state index contributed by atoms with van der Waals surface area (Å²) in [5.74, 6) is 1.79. The van der Waals surface area contributed by atoms with E-state index in [0.29, 0.717) is 11.3 Å². The molecule has 0 saturated carbocycles. The Bertz CT molecular complexity index is 936. The summed E-state index contributed by atoms with van der Waals surface area (Å²) in [4.78, 5) is 12.3. The highest BCUT2D eigenvalue weighted by Crippen LogP contribution is 2.30. The normalized spacial score (nSPS) is 10.6. The first-order valence-corrected chi connectivity index (χ1v) is 9.35. The number of nitriles is 1. The minimum atomic E-state index is -0.685. The Kier molecular flexibility index (Phi) is 7.42. The van der Waals surface area contributed by atoms with E-state index in [1.165, 1.54) is 24.3 Å². The predicted molar refractivity (Wildman–Crippen MR) is 115 cm³/mol. The molecule has 7 heteroatoms. The molecule has 26 heavy (non-hydrogen) atoms. The second-order valence-corrected chi connectivity index (χ2v) is 7.23. The average Bonchev–Trinajstić information content (AvgIpc) is 2.61. The van der Waals surface area contributed by atoms with Crippen molar-refractivity contribution in [3.8, 4) is 24.2 Å². The van der Waals surface area contributed by atoms with Gasteiger partial charge in [0.25, 0.3) is 5.91 Å². The van der Waals surface area contributed by atoms with Gasteiger partial charge < -0.3 is 10.1 Å². The van der Waals surface area contributed by atoms with Crippen LogP contribution in [0.4, 0.5) is 10.1 Å². The van der Waals surface area contributed by atoms with E-state index in [9.17, 15) is 14.4 Å². The molecular formula is C19H11FI2N2O2. The van der Waals surface area contributed by atoms with Crippen LogP contribution in [0.3, 0.4) is 0 Å². The molecule has 0 aliphatic heterocycles. The molecule has 0 unspecified atom stereocenters. The minimum Gasteiger partial charge on any atom is -0.479 e. The van der Waals surface area contributed by atoms with Gasteiger partial charge in [0.15, 0.2) is 0 Å². The Morgan fingerprint density at radius 2 is 1.96 bits per heavy atom. The Morgan fingerprint density at radius 1 is 1.31 bits per heavy atom. The molecule has 2 aromatic carbocycles. The van der Waals surface area contributed by atoms with Gasteiger partial charge in [0, 0.05) is 0 Å². The van der Waals surface area contributed by atoms with Crippen LogP contribution in [0.1, 0.15) is 5.56 Å². The van der Waals surface area contributed by atoms with E-state index >= 15 is 0 Å². The van der Waals surface area contributed by atoms with E-state index in [4.69, 9.17) is 11.2 Å². The zero-order valence-electron chi connectivity index (χ0n) is 13.2. The van der Waals surface area contributed by atoms with E-state index in [-0.39, 0.29) is 17.9 Å². The average molecular weight is 572 g/mol. The number of rotatable bonds is 5. The first kappa shape index (κ1) is 20.2. The first-order valence-electron chi connectivity index (χ1n) is 7.19. The number of halogens is 3. The lowest BCUT2D eigenvalue weighted by Gasteiger charge is -2.09. The molecule has 0 fully saturated rings. The fourth-order valence-electron chi connectivity index (χ4n) is 1.98. The monoisotopic (exact) mass is 572 g/mol. The quantitative estimate of drug-likeness (QED) is 0.247. The van der Waals surface area contributed by atoms with Crippen LogP contribution in [0.25, 0.3) is 6.08 Å². The zero-order chi connectivity index (χ0) is 19.1. The number of anilines is 1. The standard InChI is InChI=1S/C19H11FI2N2O2/c1-2-7-26-18-15(21)9-12(10-16(18)22)8-13(11-23)19(25)24-17-6-4-3-5-14(17)20/h1,3-6,8-10H,7H2,(H,24,25)/b13-8-. The van der Waals surface area contributed by atoms with Crippen LogP contribution in [-0.2, 0) is 4.79 Å². The van der Waals surface area contributed by atoms with Gasteiger partial charge in [0.2, 0.25) is 0 Å². The first-order chi connectivity index (χ1) is 12.5. The summed E-state index contributed by atoms with van der Waals surface area (Å²) in [6, 6.07) is 11.1. The Hall–Kier alpha value is -2.11. The number of nitrogens with zero attached hydrogens (tertiary/aromatic N) is 1. The fraction of sp³-hybridized carbons (Fsp3) is 0.0526. The highest BCUT2D eigenvalue weighted by atomic mass is 127. The molecule has 0 atom stereocenters. The van der Waals surface area contributed by atoms with Crippen molar-refractivity contribution in [3.63, 3.8) is 0 Å². The van der Waals surface area contributed by atoms with Crippen molar-refractivity contribution in [2.45, 2.75) is 0 Å². The van der Waals surface area contributed by atoms with Crippen LogP contribution < -0.4 is 10.1 Å². The smallest absolute Gasteiger partial charge is 0.266 e. The van der Waals surface area contributed by atoms with E-state index < -0.39 is 11.7 Å². The molecule has 1 N–H and O–H groups in total. The van der Waals surface area contributed by atoms with Gasteiger partial charge >= 0.3 is 0 Å². The third-order valence-corrected chi connectivity index (χ3v) is 4.72. The van der Waals surface area contributed by atoms with E-state index in [0.717, 1.165) is 7.14 Å². The molecule has 130 valence electrons. The Morgan fingerprint density at radius 3 is 2.54 bits per heavy atom. The molecular weight excluding hydrogens is 561 g/mol. The maximum atomic E-state index is 13.6. The van der Waals surface area contributed by atoms with Gasteiger partial charge in [-0.2, -0.15) is 5.26 Å². The highest BCUT2D eigenvalue weighted by molar-refractivity contribution is 14.1. The summed E-state index contributed by atoms with van der Waals surface area (Å²) >= 11 is 4.18. The summed E-state index contributed by atoms with van der Waals surface area (Å²) in [6.07, 6.45) is 6.64. The summed E-state index contributed by atoms with van der Waals surface area (Å²) in [5.41, 5.74) is 0.519. The number of hydrogen-bond donors (Lipinski definition) is 1. The van der Waals surface area contributed by atoms with Gasteiger partial charge in [-0.3, -0.25) is 4.79 Å². The molecule has 0 heterocycles. The maximum Gasteiger partial charge on any atom is 0.266 e. The van der Waals surface area contributed by atoms with Crippen molar-refractivity contribution in [1.82, 2.24) is 0 Å². The molecule has 0 saturated heterocycles. The van der Waals surface area contributed by atoms with Gasteiger partial charge in [-0.15, -0.1) is 6.42 Å². The van der Waals surface area contributed by atoms with E-state index in [1.807, 2.05) is 6.07 Å². The minimum absolute atomic E-state index is 0.0147. The van der Waals surface area contributed by atoms with Gasteiger partial charge in [0.1, 0.15) is 29.8 Å². The maximum absolute atomic E-state index is 13.6. The van der Waals surface area contributed by atoms with Gasteiger partial charge in [-0.1, -0.05) is 18.1 Å². The number of carbonyl (C=O) groups is 1. The van der Waals surface area contributed by atoms with Crippen molar-refractivity contribution >= 4 is 62.9 Å². The number of amides is 1. The van der Waals surface area contributed by atoms with Crippen molar-refractivity contribution in [2.75, 3.05) is 11.9 Å². The SMILES string of the molecule is C#CCOc1c(I)cc(/C=C(/C#N)C(=O)Nc2ccccc2F)cc1I. The molecule has 0 radical (unpaired) electrons. The highest BCUT2D eigenvalue weighted by Gasteiger charge is 2.13. The van der Waals surface area contributed by atoms with Gasteiger partial charge in [0.05, 0.1) is 12.8 Å². The van der Waals surface area contributed by atoms with Crippen molar-refractivity contribution < 1.29 is 13.9 Å². The molecule has 4 nitrogen and oxygen atoms in total. The fourth-order valence-corrected chi connectivity index (χ4v) is 4.11. The number of benzene rings is 2. The number of nitrogens with one attached hydrogen (secondary N) is 1. The molecule has 0 aliphatic rings. The number of carbonyl (C=O) groups excluding carboxylic acids is 1. The zero-order valence-corrected chi connectivity index (χ0v) is 17.5. The summed E-state index contributed by atoms with van der Waals surface area (Å²) in [5, 5.41) is 11.7. The molecule has 0 aliphatic carbocycles. The number of para-hydroxylation sites is 1. The summed E-state index contributed by atoms with van der Waals surface area (Å²) < 4.78 is 20.7. The molecule has 1 amide bonds. The lowest BCUT2D eigenvalue weighted by atomic mass is 10.1. The van der Waals surface area contributed by atoms with Crippen molar-refractivity contribution in [3.05, 3.63) is 60.5 Å². The summed E-state index contributed by atoms with van der Waals surface area (Å²) in [7, 11) is 0. The van der Waals surface area contributed by atoms with Crippen LogP contribution in [0.2, 0.25) is 0 Å².